The molecule has 4 heteroatoms. The number of ether oxygens (including phenoxy) is 1. The Morgan fingerprint density at radius 1 is 1.41 bits per heavy atom. The number of rotatable bonds is 4. The smallest absolute Gasteiger partial charge is 0.367 e. The monoisotopic (exact) mass is 305 g/mol. The van der Waals surface area contributed by atoms with E-state index in [2.05, 4.69) is 18.7 Å². The van der Waals surface area contributed by atoms with E-state index in [0.717, 1.165) is 30.6 Å². The van der Waals surface area contributed by atoms with E-state index in [-0.39, 0.29) is 6.61 Å². The number of aryl methyl sites for hydroxylation is 1. The Morgan fingerprint density at radius 3 is 2.77 bits per heavy atom. The minimum atomic E-state index is -0.890. The molecule has 1 aliphatic rings. The van der Waals surface area contributed by atoms with Gasteiger partial charge in [-0.25, -0.2) is 4.79 Å². The van der Waals surface area contributed by atoms with Gasteiger partial charge in [0.25, 0.3) is 0 Å². The molecular formula is C18H24FNO2. The molecule has 0 aliphatic carbocycles. The fourth-order valence-electron chi connectivity index (χ4n) is 2.85. The van der Waals surface area contributed by atoms with E-state index in [9.17, 15) is 9.18 Å². The summed E-state index contributed by atoms with van der Waals surface area (Å²) in [5.74, 6) is -1.70. The lowest BCUT2D eigenvalue weighted by atomic mass is 9.96. The summed E-state index contributed by atoms with van der Waals surface area (Å²) >= 11 is 0. The molecule has 0 N–H and O–H groups in total. The van der Waals surface area contributed by atoms with Gasteiger partial charge in [-0.1, -0.05) is 12.1 Å². The van der Waals surface area contributed by atoms with Crippen LogP contribution in [0, 0.1) is 0 Å². The highest BCUT2D eigenvalue weighted by molar-refractivity contribution is 5.95. The van der Waals surface area contributed by atoms with Crippen LogP contribution in [-0.2, 0) is 16.0 Å². The second kappa shape index (κ2) is 6.95. The van der Waals surface area contributed by atoms with Crippen LogP contribution in [0.5, 0.6) is 0 Å². The zero-order valence-electron chi connectivity index (χ0n) is 13.8. The largest absolute Gasteiger partial charge is 0.461 e. The number of hydrogen-bond acceptors (Lipinski definition) is 3. The summed E-state index contributed by atoms with van der Waals surface area (Å²) in [5, 5.41) is 0. The van der Waals surface area contributed by atoms with Crippen LogP contribution in [0.25, 0.3) is 5.57 Å². The lowest BCUT2D eigenvalue weighted by Crippen LogP contribution is -2.35. The number of benzene rings is 1. The molecule has 0 bridgehead atoms. The number of anilines is 1. The van der Waals surface area contributed by atoms with Gasteiger partial charge in [0.05, 0.1) is 6.61 Å². The second-order valence-electron chi connectivity index (χ2n) is 5.89. The van der Waals surface area contributed by atoms with Crippen molar-refractivity contribution >= 4 is 17.2 Å². The molecule has 3 nitrogen and oxygen atoms in total. The molecule has 0 spiro atoms. The molecule has 1 aromatic rings. The minimum absolute atomic E-state index is 0.171. The molecule has 0 unspecified atom stereocenters. The molecule has 22 heavy (non-hydrogen) atoms. The maximum atomic E-state index is 14.1. The summed E-state index contributed by atoms with van der Waals surface area (Å²) in [4.78, 5) is 13.9. The van der Waals surface area contributed by atoms with Gasteiger partial charge in [-0.05, 0) is 63.3 Å². The van der Waals surface area contributed by atoms with E-state index >= 15 is 0 Å². The van der Waals surface area contributed by atoms with Gasteiger partial charge in [-0.15, -0.1) is 0 Å². The highest BCUT2D eigenvalue weighted by atomic mass is 19.1. The fourth-order valence-corrected chi connectivity index (χ4v) is 2.85. The summed E-state index contributed by atoms with van der Waals surface area (Å²) in [6.07, 6.45) is 2.18. The molecular weight excluding hydrogens is 281 g/mol. The molecule has 0 saturated carbocycles. The molecule has 0 fully saturated rings. The van der Waals surface area contributed by atoms with Crippen molar-refractivity contribution in [2.24, 2.45) is 0 Å². The molecule has 0 atom stereocenters. The molecule has 1 aliphatic heterocycles. The molecule has 0 radical (unpaired) electrons. The van der Waals surface area contributed by atoms with Gasteiger partial charge >= 0.3 is 5.97 Å². The van der Waals surface area contributed by atoms with E-state index < -0.39 is 11.8 Å². The van der Waals surface area contributed by atoms with Gasteiger partial charge in [0.15, 0.2) is 0 Å². The third-order valence-electron chi connectivity index (χ3n) is 4.08. The Hall–Kier alpha value is -1.84. The maximum Gasteiger partial charge on any atom is 0.367 e. The van der Waals surface area contributed by atoms with Gasteiger partial charge in [-0.2, -0.15) is 4.39 Å². The number of allylic oxidation sites excluding steroid dienone is 1. The lowest BCUT2D eigenvalue weighted by Gasteiger charge is -2.35. The Kier molecular flexibility index (Phi) is 5.22. The predicted molar refractivity (Wildman–Crippen MR) is 87.6 cm³/mol. The summed E-state index contributed by atoms with van der Waals surface area (Å²) in [5.41, 5.74) is 3.50. The van der Waals surface area contributed by atoms with Gasteiger partial charge < -0.3 is 9.64 Å². The SMILES string of the molecule is CCOC(=O)C(F)=C(C)c1ccc2c(c1)N(C(C)C)CCC2. The molecule has 0 saturated heterocycles. The number of fused-ring (bicyclic) bond motifs is 1. The Bertz CT molecular complexity index is 593. The van der Waals surface area contributed by atoms with Crippen molar-refractivity contribution in [1.29, 1.82) is 0 Å². The Morgan fingerprint density at radius 2 is 2.14 bits per heavy atom. The van der Waals surface area contributed by atoms with Crippen molar-refractivity contribution in [3.8, 4) is 0 Å². The lowest BCUT2D eigenvalue weighted by molar-refractivity contribution is -0.140. The third-order valence-corrected chi connectivity index (χ3v) is 4.08. The molecule has 1 heterocycles. The maximum absolute atomic E-state index is 14.1. The highest BCUT2D eigenvalue weighted by Gasteiger charge is 2.21. The molecule has 2 rings (SSSR count). The Balaban J connectivity index is 2.40. The van der Waals surface area contributed by atoms with Crippen LogP contribution in [-0.4, -0.2) is 25.2 Å². The first-order valence-corrected chi connectivity index (χ1v) is 7.89. The van der Waals surface area contributed by atoms with Crippen molar-refractivity contribution in [3.05, 3.63) is 35.2 Å². The van der Waals surface area contributed by atoms with Crippen LogP contribution >= 0.6 is 0 Å². The average Bonchev–Trinajstić information content (AvgIpc) is 2.52. The topological polar surface area (TPSA) is 29.5 Å². The van der Waals surface area contributed by atoms with Crippen LogP contribution < -0.4 is 4.90 Å². The number of hydrogen-bond donors (Lipinski definition) is 0. The first kappa shape index (κ1) is 16.5. The average molecular weight is 305 g/mol. The number of nitrogens with zero attached hydrogens (tertiary/aromatic N) is 1. The van der Waals surface area contributed by atoms with Crippen LogP contribution in [0.1, 0.15) is 45.2 Å². The Labute approximate surface area is 131 Å². The van der Waals surface area contributed by atoms with Crippen LogP contribution in [0.4, 0.5) is 10.1 Å². The van der Waals surface area contributed by atoms with Crippen molar-refractivity contribution in [2.45, 2.75) is 46.6 Å². The van der Waals surface area contributed by atoms with Crippen molar-refractivity contribution in [2.75, 3.05) is 18.1 Å². The van der Waals surface area contributed by atoms with Crippen molar-refractivity contribution in [1.82, 2.24) is 0 Å². The first-order valence-electron chi connectivity index (χ1n) is 7.89. The van der Waals surface area contributed by atoms with Gasteiger partial charge in [0, 0.05) is 18.3 Å². The molecule has 1 aromatic carbocycles. The summed E-state index contributed by atoms with van der Waals surface area (Å²) in [6.45, 7) is 8.78. The normalized spacial score (nSPS) is 15.5. The second-order valence-corrected chi connectivity index (χ2v) is 5.89. The predicted octanol–water partition coefficient (Wildman–Crippen LogP) is 4.11. The summed E-state index contributed by atoms with van der Waals surface area (Å²) in [7, 11) is 0. The van der Waals surface area contributed by atoms with Crippen LogP contribution in [0.3, 0.4) is 0 Å². The number of carbonyl (C=O) groups is 1. The molecule has 0 aromatic heterocycles. The zero-order valence-corrected chi connectivity index (χ0v) is 13.8. The first-order chi connectivity index (χ1) is 10.5. The third kappa shape index (κ3) is 3.32. The zero-order chi connectivity index (χ0) is 16.3. The van der Waals surface area contributed by atoms with E-state index in [1.54, 1.807) is 13.8 Å². The van der Waals surface area contributed by atoms with E-state index in [1.807, 2.05) is 18.2 Å². The van der Waals surface area contributed by atoms with Gasteiger partial charge in [-0.3, -0.25) is 0 Å². The van der Waals surface area contributed by atoms with Crippen LogP contribution in [0.2, 0.25) is 0 Å². The highest BCUT2D eigenvalue weighted by Crippen LogP contribution is 2.32. The van der Waals surface area contributed by atoms with E-state index in [4.69, 9.17) is 4.74 Å². The minimum Gasteiger partial charge on any atom is -0.461 e. The fraction of sp³-hybridized carbons (Fsp3) is 0.500. The molecule has 0 amide bonds. The van der Waals surface area contributed by atoms with E-state index in [1.165, 1.54) is 5.56 Å². The van der Waals surface area contributed by atoms with E-state index in [0.29, 0.717) is 11.6 Å². The van der Waals surface area contributed by atoms with Gasteiger partial charge in [0.2, 0.25) is 5.83 Å². The summed E-state index contributed by atoms with van der Waals surface area (Å²) in [6, 6.07) is 6.31. The van der Waals surface area contributed by atoms with Crippen molar-refractivity contribution in [3.63, 3.8) is 0 Å². The standard InChI is InChI=1S/C18H24FNO2/c1-5-22-18(21)17(19)13(4)15-9-8-14-7-6-10-20(12(2)3)16(14)11-15/h8-9,11-12H,5-7,10H2,1-4H3. The van der Waals surface area contributed by atoms with Crippen LogP contribution in [0.15, 0.2) is 24.0 Å². The number of halogens is 1. The number of carbonyl (C=O) groups excluding carboxylic acids is 1. The van der Waals surface area contributed by atoms with Crippen molar-refractivity contribution < 1.29 is 13.9 Å². The molecule has 120 valence electrons. The quantitative estimate of drug-likeness (QED) is 0.619. The number of esters is 1. The summed E-state index contributed by atoms with van der Waals surface area (Å²) < 4.78 is 18.9. The van der Waals surface area contributed by atoms with Gasteiger partial charge in [0.1, 0.15) is 0 Å².